The van der Waals surface area contributed by atoms with Crippen molar-refractivity contribution in [2.24, 2.45) is 0 Å². The first-order valence-electron chi connectivity index (χ1n) is 8.42. The van der Waals surface area contributed by atoms with E-state index in [1.807, 2.05) is 0 Å². The summed E-state index contributed by atoms with van der Waals surface area (Å²) >= 11 is 0. The van der Waals surface area contributed by atoms with Crippen LogP contribution in [0, 0.1) is 0 Å². The van der Waals surface area contributed by atoms with Crippen LogP contribution >= 0.6 is 47.4 Å². The molecule has 0 aliphatic rings. The topological polar surface area (TPSA) is 345 Å². The van der Waals surface area contributed by atoms with Crippen molar-refractivity contribution in [3.05, 3.63) is 0 Å². The van der Waals surface area contributed by atoms with Gasteiger partial charge in [-0.3, -0.25) is 58.7 Å². The standard InChI is InChI=1S/C8H18.6FH2O3P/c1-3-5-7-8-6-4-2;6*1-5(2,3)4/h3-8H2,1-2H3;6*(H2,2,3,4). The van der Waals surface area contributed by atoms with Gasteiger partial charge in [-0.2, -0.15) is 0 Å². The zero-order valence-corrected chi connectivity index (χ0v) is 24.4. The van der Waals surface area contributed by atoms with Crippen LogP contribution in [0.1, 0.15) is 52.4 Å². The second kappa shape index (κ2) is 27.6. The SMILES string of the molecule is CCCCCCCC.O=P(O)(O)F.O=P(O)(O)F.O=P(O)(O)F.O=P(O)(O)F.O=P(O)(O)F.O=P(O)(O)F. The summed E-state index contributed by atoms with van der Waals surface area (Å²) in [6.45, 7) is 4.51. The molecule has 0 amide bonds. The molecule has 0 atom stereocenters. The Hall–Kier alpha value is 0.480. The van der Waals surface area contributed by atoms with Crippen LogP contribution in [0.2, 0.25) is 0 Å². The van der Waals surface area contributed by atoms with Gasteiger partial charge in [-0.25, -0.2) is 27.4 Å². The highest BCUT2D eigenvalue weighted by atomic mass is 31.2. The van der Waals surface area contributed by atoms with Crippen molar-refractivity contribution in [1.82, 2.24) is 0 Å². The second-order valence-corrected chi connectivity index (χ2v) is 10.9. The van der Waals surface area contributed by atoms with Crippen molar-refractivity contribution < 1.29 is 111 Å². The molecule has 242 valence electrons. The highest BCUT2D eigenvalue weighted by molar-refractivity contribution is 7.46. The lowest BCUT2D eigenvalue weighted by Gasteiger charge is -1.93. The van der Waals surface area contributed by atoms with Crippen molar-refractivity contribution in [1.29, 1.82) is 0 Å². The van der Waals surface area contributed by atoms with E-state index >= 15 is 0 Å². The van der Waals surface area contributed by atoms with E-state index in [-0.39, 0.29) is 0 Å². The van der Waals surface area contributed by atoms with Gasteiger partial charge in [0, 0.05) is 0 Å². The Labute approximate surface area is 211 Å². The maximum Gasteiger partial charge on any atom is 0.507 e. The number of rotatable bonds is 5. The molecule has 0 saturated heterocycles. The predicted molar refractivity (Wildman–Crippen MR) is 118 cm³/mol. The molecule has 0 saturated carbocycles. The molecule has 0 aromatic carbocycles. The molecule has 0 unspecified atom stereocenters. The third-order valence-electron chi connectivity index (χ3n) is 1.46. The average Bonchev–Trinajstić information content (AvgIpc) is 2.41. The van der Waals surface area contributed by atoms with Crippen LogP contribution < -0.4 is 0 Å². The molecule has 12 N–H and O–H groups in total. The minimum absolute atomic E-state index is 1.36. The molecule has 38 heavy (non-hydrogen) atoms. The van der Waals surface area contributed by atoms with Crippen molar-refractivity contribution in [3.8, 4) is 0 Å². The van der Waals surface area contributed by atoms with Gasteiger partial charge in [0.2, 0.25) is 0 Å². The molecule has 0 fully saturated rings. The maximum absolute atomic E-state index is 10.4. The molecule has 0 bridgehead atoms. The van der Waals surface area contributed by atoms with Crippen molar-refractivity contribution in [2.75, 3.05) is 0 Å². The second-order valence-electron chi connectivity index (χ2n) is 5.25. The van der Waals surface area contributed by atoms with Gasteiger partial charge in [0.05, 0.1) is 0 Å². The molecule has 0 radical (unpaired) electrons. The van der Waals surface area contributed by atoms with Gasteiger partial charge in [0.15, 0.2) is 0 Å². The molecule has 0 aliphatic heterocycles. The zero-order valence-electron chi connectivity index (χ0n) is 19.0. The van der Waals surface area contributed by atoms with E-state index in [0.717, 1.165) is 0 Å². The fourth-order valence-corrected chi connectivity index (χ4v) is 0.854. The van der Waals surface area contributed by atoms with E-state index in [9.17, 15) is 25.2 Å². The van der Waals surface area contributed by atoms with Crippen LogP contribution in [0.4, 0.5) is 25.2 Å². The van der Waals surface area contributed by atoms with Gasteiger partial charge in [-0.15, -0.1) is 25.2 Å². The summed E-state index contributed by atoms with van der Waals surface area (Å²) in [6, 6.07) is 0. The molecular weight excluding hydrogens is 684 g/mol. The van der Waals surface area contributed by atoms with Crippen LogP contribution in [-0.2, 0) is 27.4 Å². The third-order valence-corrected chi connectivity index (χ3v) is 1.46. The predicted octanol–water partition coefficient (Wildman–Crippen LogP) is 3.66. The summed E-state index contributed by atoms with van der Waals surface area (Å²) in [5, 5.41) is 0. The average molecular weight is 714 g/mol. The van der Waals surface area contributed by atoms with Crippen LogP contribution in [0.5, 0.6) is 0 Å². The quantitative estimate of drug-likeness (QED) is 0.110. The normalized spacial score (nSPS) is 11.4. The Morgan fingerprint density at radius 2 is 0.421 bits per heavy atom. The molecule has 18 nitrogen and oxygen atoms in total. The molecule has 0 rings (SSSR count). The number of unbranched alkanes of at least 4 members (excludes halogenated alkanes) is 5. The fourth-order valence-electron chi connectivity index (χ4n) is 0.854. The summed E-state index contributed by atoms with van der Waals surface area (Å²) in [5.41, 5.74) is 0. The first kappa shape index (κ1) is 54.5. The number of halogens is 6. The summed E-state index contributed by atoms with van der Waals surface area (Å²) in [7, 11) is -30.8. The van der Waals surface area contributed by atoms with Crippen LogP contribution in [0.15, 0.2) is 0 Å². The third kappa shape index (κ3) is 1530. The van der Waals surface area contributed by atoms with Gasteiger partial charge in [-0.05, 0) is 0 Å². The Morgan fingerprint density at radius 3 is 0.474 bits per heavy atom. The van der Waals surface area contributed by atoms with Crippen LogP contribution in [-0.4, -0.2) is 58.7 Å². The van der Waals surface area contributed by atoms with Gasteiger partial charge in [0.25, 0.3) is 0 Å². The number of hydrogen-bond acceptors (Lipinski definition) is 6. The lowest BCUT2D eigenvalue weighted by Crippen LogP contribution is -1.73. The lowest BCUT2D eigenvalue weighted by molar-refractivity contribution is 0.320. The maximum atomic E-state index is 10.4. The van der Waals surface area contributed by atoms with E-state index in [2.05, 4.69) is 13.8 Å². The summed E-state index contributed by atoms with van der Waals surface area (Å²) in [6.07, 6.45) is 8.49. The Morgan fingerprint density at radius 1 is 0.342 bits per heavy atom. The molecule has 0 spiro atoms. The van der Waals surface area contributed by atoms with E-state index in [4.69, 9.17) is 86.1 Å². The molecule has 0 aromatic rings. The molecular formula is C8H30F6O18P6. The van der Waals surface area contributed by atoms with Gasteiger partial charge < -0.3 is 0 Å². The molecule has 30 heteroatoms. The smallest absolute Gasteiger partial charge is 0.299 e. The van der Waals surface area contributed by atoms with Gasteiger partial charge in [0.1, 0.15) is 0 Å². The molecule has 0 heterocycles. The molecule has 0 aromatic heterocycles. The number of hydrogen-bond donors (Lipinski definition) is 12. The van der Waals surface area contributed by atoms with Crippen LogP contribution in [0.25, 0.3) is 0 Å². The summed E-state index contributed by atoms with van der Waals surface area (Å²) < 4.78 is 114. The van der Waals surface area contributed by atoms with Crippen molar-refractivity contribution >= 4 is 47.4 Å². The van der Waals surface area contributed by atoms with Crippen molar-refractivity contribution in [2.45, 2.75) is 52.4 Å². The minimum atomic E-state index is -5.14. The summed E-state index contributed by atoms with van der Waals surface area (Å²) in [5.74, 6) is 0. The largest absolute Gasteiger partial charge is 0.507 e. The zero-order chi connectivity index (χ0) is 33.2. The van der Waals surface area contributed by atoms with E-state index in [1.54, 1.807) is 0 Å². The van der Waals surface area contributed by atoms with Gasteiger partial charge >= 0.3 is 47.4 Å². The molecule has 0 aliphatic carbocycles. The Bertz CT molecular complexity index is 585. The Balaban J connectivity index is -0.0000000596. The first-order chi connectivity index (χ1) is 15.9. The fraction of sp³-hybridized carbons (Fsp3) is 1.00. The highest BCUT2D eigenvalue weighted by Crippen LogP contribution is 2.37. The van der Waals surface area contributed by atoms with Crippen molar-refractivity contribution in [3.63, 3.8) is 0 Å². The monoisotopic (exact) mass is 714 g/mol. The highest BCUT2D eigenvalue weighted by Gasteiger charge is 2.06. The van der Waals surface area contributed by atoms with E-state index < -0.39 is 47.4 Å². The summed E-state index contributed by atoms with van der Waals surface area (Å²) in [4.78, 5) is 83.6. The minimum Gasteiger partial charge on any atom is -0.299 e. The van der Waals surface area contributed by atoms with Crippen LogP contribution in [0.3, 0.4) is 0 Å². The van der Waals surface area contributed by atoms with Gasteiger partial charge in [-0.1, -0.05) is 52.4 Å². The first-order valence-corrected chi connectivity index (χ1v) is 17.4. The van der Waals surface area contributed by atoms with E-state index in [0.29, 0.717) is 0 Å². The van der Waals surface area contributed by atoms with E-state index in [1.165, 1.54) is 38.5 Å². The Kier molecular flexibility index (Phi) is 39.7. The lowest BCUT2D eigenvalue weighted by atomic mass is 10.1.